The number of nitrogens with one attached hydrogen (secondary N) is 1. The molecule has 2 heterocycles. The van der Waals surface area contributed by atoms with Crippen LogP contribution in [0.5, 0.6) is 0 Å². The average molecular weight is 328 g/mol. The van der Waals surface area contributed by atoms with Gasteiger partial charge in [0.2, 0.25) is 0 Å². The molecule has 0 radical (unpaired) electrons. The van der Waals surface area contributed by atoms with Gasteiger partial charge < -0.3 is 10.1 Å². The van der Waals surface area contributed by atoms with Crippen molar-refractivity contribution in [3.8, 4) is 0 Å². The lowest BCUT2D eigenvalue weighted by atomic mass is 10.2. The molecular weight excluding hydrogens is 310 g/mol. The van der Waals surface area contributed by atoms with Crippen LogP contribution in [0.4, 0.5) is 0 Å². The van der Waals surface area contributed by atoms with Crippen molar-refractivity contribution in [2.45, 2.75) is 6.42 Å². The number of amides is 1. The minimum Gasteiger partial charge on any atom is -0.379 e. The van der Waals surface area contributed by atoms with Gasteiger partial charge >= 0.3 is 0 Å². The normalized spacial score (nSPS) is 16.3. The Hall–Kier alpha value is -0.980. The van der Waals surface area contributed by atoms with Gasteiger partial charge in [0.05, 0.1) is 18.8 Å². The Bertz CT molecular complexity index is 405. The number of ether oxygens (including phenoxy) is 1. The van der Waals surface area contributed by atoms with Crippen molar-refractivity contribution < 1.29 is 9.53 Å². The van der Waals surface area contributed by atoms with Crippen LogP contribution in [-0.4, -0.2) is 55.2 Å². The van der Waals surface area contributed by atoms with E-state index in [2.05, 4.69) is 31.1 Å². The van der Waals surface area contributed by atoms with Crippen molar-refractivity contribution in [2.24, 2.45) is 0 Å². The van der Waals surface area contributed by atoms with Gasteiger partial charge in [0.15, 0.2) is 0 Å². The van der Waals surface area contributed by atoms with Crippen molar-refractivity contribution in [2.75, 3.05) is 39.4 Å². The van der Waals surface area contributed by atoms with Crippen LogP contribution in [-0.2, 0) is 4.74 Å². The molecule has 0 unspecified atom stereocenters. The molecule has 104 valence electrons. The van der Waals surface area contributed by atoms with Gasteiger partial charge in [0.1, 0.15) is 4.60 Å². The van der Waals surface area contributed by atoms with E-state index < -0.39 is 0 Å². The van der Waals surface area contributed by atoms with Gasteiger partial charge in [-0.3, -0.25) is 9.69 Å². The number of nitrogens with zero attached hydrogens (tertiary/aromatic N) is 2. The van der Waals surface area contributed by atoms with E-state index in [0.29, 0.717) is 12.1 Å². The number of halogens is 1. The summed E-state index contributed by atoms with van der Waals surface area (Å²) in [5.74, 6) is -0.0676. The smallest absolute Gasteiger partial charge is 0.252 e. The summed E-state index contributed by atoms with van der Waals surface area (Å²) >= 11 is 3.24. The first-order chi connectivity index (χ1) is 9.25. The number of carbonyl (C=O) groups excluding carboxylic acids is 1. The maximum atomic E-state index is 11.8. The molecule has 1 saturated heterocycles. The first kappa shape index (κ1) is 14.4. The highest BCUT2D eigenvalue weighted by Gasteiger charge is 2.10. The largest absolute Gasteiger partial charge is 0.379 e. The zero-order valence-corrected chi connectivity index (χ0v) is 12.4. The molecule has 1 aromatic heterocycles. The van der Waals surface area contributed by atoms with Gasteiger partial charge in [0.25, 0.3) is 5.91 Å². The van der Waals surface area contributed by atoms with E-state index in [0.717, 1.165) is 43.9 Å². The van der Waals surface area contributed by atoms with Gasteiger partial charge in [-0.2, -0.15) is 0 Å². The fourth-order valence-electron chi connectivity index (χ4n) is 1.94. The van der Waals surface area contributed by atoms with E-state index >= 15 is 0 Å². The van der Waals surface area contributed by atoms with Crippen LogP contribution in [0.15, 0.2) is 22.9 Å². The predicted molar refractivity (Wildman–Crippen MR) is 76.1 cm³/mol. The van der Waals surface area contributed by atoms with Crippen LogP contribution in [0.1, 0.15) is 16.8 Å². The van der Waals surface area contributed by atoms with Gasteiger partial charge in [0, 0.05) is 25.8 Å². The Morgan fingerprint density at radius 1 is 1.42 bits per heavy atom. The summed E-state index contributed by atoms with van der Waals surface area (Å²) in [7, 11) is 0. The number of carbonyl (C=O) groups is 1. The minimum atomic E-state index is -0.0676. The summed E-state index contributed by atoms with van der Waals surface area (Å²) in [5.41, 5.74) is 0.592. The first-order valence-corrected chi connectivity index (χ1v) is 7.25. The number of hydrogen-bond acceptors (Lipinski definition) is 4. The van der Waals surface area contributed by atoms with Crippen molar-refractivity contribution in [1.29, 1.82) is 0 Å². The molecule has 0 saturated carbocycles. The minimum absolute atomic E-state index is 0.0676. The summed E-state index contributed by atoms with van der Waals surface area (Å²) in [5, 5.41) is 2.91. The molecule has 1 fully saturated rings. The molecule has 1 amide bonds. The second-order valence-corrected chi connectivity index (χ2v) is 5.25. The highest BCUT2D eigenvalue weighted by atomic mass is 79.9. The first-order valence-electron chi connectivity index (χ1n) is 6.45. The predicted octanol–water partition coefficient (Wildman–Crippen LogP) is 1.30. The molecular formula is C13H18BrN3O2. The summed E-state index contributed by atoms with van der Waals surface area (Å²) in [4.78, 5) is 18.2. The molecule has 2 rings (SSSR count). The molecule has 1 aromatic rings. The van der Waals surface area contributed by atoms with Crippen LogP contribution in [0.3, 0.4) is 0 Å². The Labute approximate surface area is 121 Å². The highest BCUT2D eigenvalue weighted by molar-refractivity contribution is 9.10. The molecule has 0 aromatic carbocycles. The molecule has 0 spiro atoms. The van der Waals surface area contributed by atoms with E-state index in [1.54, 1.807) is 18.3 Å². The monoisotopic (exact) mass is 327 g/mol. The molecule has 5 nitrogen and oxygen atoms in total. The molecule has 1 N–H and O–H groups in total. The zero-order valence-electron chi connectivity index (χ0n) is 10.8. The van der Waals surface area contributed by atoms with Crippen molar-refractivity contribution in [1.82, 2.24) is 15.2 Å². The van der Waals surface area contributed by atoms with E-state index in [4.69, 9.17) is 4.74 Å². The molecule has 1 aliphatic heterocycles. The number of morpholine rings is 1. The Morgan fingerprint density at radius 3 is 2.89 bits per heavy atom. The van der Waals surface area contributed by atoms with Crippen molar-refractivity contribution in [3.05, 3.63) is 28.5 Å². The fraction of sp³-hybridized carbons (Fsp3) is 0.538. The standard InChI is InChI=1S/C13H18BrN3O2/c14-12-3-2-11(10-16-12)13(18)15-4-1-5-17-6-8-19-9-7-17/h2-3,10H,1,4-9H2,(H,15,18). The Morgan fingerprint density at radius 2 is 2.21 bits per heavy atom. The van der Waals surface area contributed by atoms with Gasteiger partial charge in [-0.05, 0) is 41.0 Å². The van der Waals surface area contributed by atoms with E-state index in [9.17, 15) is 4.79 Å². The van der Waals surface area contributed by atoms with E-state index in [-0.39, 0.29) is 5.91 Å². The number of pyridine rings is 1. The van der Waals surface area contributed by atoms with Crippen LogP contribution < -0.4 is 5.32 Å². The Kier molecular flexibility index (Phi) is 5.75. The van der Waals surface area contributed by atoms with E-state index in [1.165, 1.54) is 0 Å². The van der Waals surface area contributed by atoms with E-state index in [1.807, 2.05) is 0 Å². The number of hydrogen-bond donors (Lipinski definition) is 1. The third-order valence-corrected chi connectivity index (χ3v) is 3.50. The Balaban J connectivity index is 1.64. The topological polar surface area (TPSA) is 54.5 Å². The van der Waals surface area contributed by atoms with Crippen LogP contribution in [0.2, 0.25) is 0 Å². The number of aromatic nitrogens is 1. The second-order valence-electron chi connectivity index (χ2n) is 4.43. The molecule has 6 heteroatoms. The summed E-state index contributed by atoms with van der Waals surface area (Å²) in [6.45, 7) is 5.30. The molecule has 0 aliphatic carbocycles. The lowest BCUT2D eigenvalue weighted by Crippen LogP contribution is -2.38. The van der Waals surface area contributed by atoms with Crippen molar-refractivity contribution >= 4 is 21.8 Å². The summed E-state index contributed by atoms with van der Waals surface area (Å²) in [6, 6.07) is 3.52. The second kappa shape index (κ2) is 7.57. The fourth-order valence-corrected chi connectivity index (χ4v) is 2.18. The molecule has 1 aliphatic rings. The quantitative estimate of drug-likeness (QED) is 0.654. The lowest BCUT2D eigenvalue weighted by Gasteiger charge is -2.26. The lowest BCUT2D eigenvalue weighted by molar-refractivity contribution is 0.0374. The summed E-state index contributed by atoms with van der Waals surface area (Å²) in [6.07, 6.45) is 2.52. The number of rotatable bonds is 5. The van der Waals surface area contributed by atoms with Crippen LogP contribution >= 0.6 is 15.9 Å². The maximum Gasteiger partial charge on any atom is 0.252 e. The highest BCUT2D eigenvalue weighted by Crippen LogP contribution is 2.06. The zero-order chi connectivity index (χ0) is 13.5. The molecule has 0 bridgehead atoms. The SMILES string of the molecule is O=C(NCCCN1CCOCC1)c1ccc(Br)nc1. The van der Waals surface area contributed by atoms with Crippen molar-refractivity contribution in [3.63, 3.8) is 0 Å². The van der Waals surface area contributed by atoms with Gasteiger partial charge in [-0.15, -0.1) is 0 Å². The maximum absolute atomic E-state index is 11.8. The average Bonchev–Trinajstić information content (AvgIpc) is 2.45. The van der Waals surface area contributed by atoms with Gasteiger partial charge in [-0.1, -0.05) is 0 Å². The van der Waals surface area contributed by atoms with Crippen LogP contribution in [0, 0.1) is 0 Å². The van der Waals surface area contributed by atoms with Crippen LogP contribution in [0.25, 0.3) is 0 Å². The third-order valence-electron chi connectivity index (χ3n) is 3.03. The molecule has 19 heavy (non-hydrogen) atoms. The third kappa shape index (κ3) is 4.89. The summed E-state index contributed by atoms with van der Waals surface area (Å²) < 4.78 is 6.02. The van der Waals surface area contributed by atoms with Gasteiger partial charge in [-0.25, -0.2) is 4.98 Å². The molecule has 0 atom stereocenters.